The van der Waals surface area contributed by atoms with Crippen LogP contribution in [0.2, 0.25) is 0 Å². The summed E-state index contributed by atoms with van der Waals surface area (Å²) >= 11 is 10.9. The molecule has 2 unspecified atom stereocenters. The van der Waals surface area contributed by atoms with E-state index in [1.165, 1.54) is 7.11 Å². The summed E-state index contributed by atoms with van der Waals surface area (Å²) in [7, 11) is 3.16. The quantitative estimate of drug-likeness (QED) is 0.710. The normalized spacial score (nSPS) is 18.7. The van der Waals surface area contributed by atoms with Crippen molar-refractivity contribution in [2.45, 2.75) is 19.4 Å². The van der Waals surface area contributed by atoms with Gasteiger partial charge in [-0.3, -0.25) is 5.09 Å². The van der Waals surface area contributed by atoms with Crippen LogP contribution in [0.15, 0.2) is 0 Å². The second kappa shape index (κ2) is 6.30. The molecular formula is C6H15ClNO2PS. The van der Waals surface area contributed by atoms with Gasteiger partial charge in [0.15, 0.2) is 0 Å². The number of hydrogen-bond donors (Lipinski definition) is 1. The summed E-state index contributed by atoms with van der Waals surface area (Å²) in [6.45, 7) is 2.64. The molecule has 2 atom stereocenters. The number of hydrogen-bond acceptors (Lipinski definition) is 3. The first-order chi connectivity index (χ1) is 5.55. The summed E-state index contributed by atoms with van der Waals surface area (Å²) in [6, 6.07) is 0.179. The molecule has 0 spiro atoms. The minimum Gasteiger partial charge on any atom is -0.383 e. The van der Waals surface area contributed by atoms with Crippen molar-refractivity contribution in [3.05, 3.63) is 0 Å². The van der Waals surface area contributed by atoms with Crippen LogP contribution in [-0.4, -0.2) is 26.9 Å². The highest BCUT2D eigenvalue weighted by Gasteiger charge is 2.16. The maximum Gasteiger partial charge on any atom is 0.219 e. The van der Waals surface area contributed by atoms with Gasteiger partial charge in [0.25, 0.3) is 0 Å². The van der Waals surface area contributed by atoms with E-state index in [0.717, 1.165) is 6.42 Å². The molecule has 0 aliphatic rings. The Morgan fingerprint density at radius 2 is 2.17 bits per heavy atom. The van der Waals surface area contributed by atoms with Crippen LogP contribution in [0.3, 0.4) is 0 Å². The Balaban J connectivity index is 3.92. The fraction of sp³-hybridized carbons (Fsp3) is 1.00. The van der Waals surface area contributed by atoms with E-state index >= 15 is 0 Å². The van der Waals surface area contributed by atoms with E-state index in [2.05, 4.69) is 5.09 Å². The lowest BCUT2D eigenvalue weighted by Gasteiger charge is -2.21. The Hall–Kier alpha value is 0.820. The highest BCUT2D eigenvalue weighted by molar-refractivity contribution is 8.23. The van der Waals surface area contributed by atoms with Crippen molar-refractivity contribution in [1.29, 1.82) is 0 Å². The van der Waals surface area contributed by atoms with Gasteiger partial charge in [-0.15, -0.1) is 0 Å². The number of halogens is 1. The third-order valence-corrected chi connectivity index (χ3v) is 4.05. The van der Waals surface area contributed by atoms with Gasteiger partial charge in [0.05, 0.1) is 6.61 Å². The lowest BCUT2D eigenvalue weighted by Crippen LogP contribution is -2.29. The van der Waals surface area contributed by atoms with Gasteiger partial charge in [0, 0.05) is 20.3 Å². The number of ether oxygens (including phenoxy) is 1. The molecule has 0 aromatic heterocycles. The molecule has 0 saturated carbocycles. The molecule has 0 rings (SSSR count). The Bertz CT molecular complexity index is 170. The molecule has 0 bridgehead atoms. The van der Waals surface area contributed by atoms with Crippen molar-refractivity contribution in [2.75, 3.05) is 20.8 Å². The first kappa shape index (κ1) is 12.8. The van der Waals surface area contributed by atoms with E-state index in [9.17, 15) is 0 Å². The fourth-order valence-electron chi connectivity index (χ4n) is 0.718. The van der Waals surface area contributed by atoms with Gasteiger partial charge in [0.2, 0.25) is 5.77 Å². The van der Waals surface area contributed by atoms with Crippen molar-refractivity contribution in [3.63, 3.8) is 0 Å². The van der Waals surface area contributed by atoms with Crippen LogP contribution in [0.4, 0.5) is 0 Å². The van der Waals surface area contributed by atoms with Crippen molar-refractivity contribution in [1.82, 2.24) is 5.09 Å². The van der Waals surface area contributed by atoms with Crippen molar-refractivity contribution < 1.29 is 9.26 Å². The van der Waals surface area contributed by atoms with Gasteiger partial charge in [-0.25, -0.2) is 0 Å². The van der Waals surface area contributed by atoms with Crippen LogP contribution < -0.4 is 5.09 Å². The summed E-state index contributed by atoms with van der Waals surface area (Å²) in [6.07, 6.45) is 0.919. The first-order valence-corrected chi connectivity index (χ1v) is 7.30. The Labute approximate surface area is 83.7 Å². The maximum absolute atomic E-state index is 5.87. The number of rotatable bonds is 6. The summed E-state index contributed by atoms with van der Waals surface area (Å²) in [4.78, 5) is 0. The van der Waals surface area contributed by atoms with Gasteiger partial charge in [-0.1, -0.05) is 6.92 Å². The number of nitrogens with one attached hydrogen (secondary N) is 1. The molecule has 0 fully saturated rings. The van der Waals surface area contributed by atoms with Gasteiger partial charge in [-0.2, -0.15) is 0 Å². The SMILES string of the molecule is CCC(COC)NP(=S)(Cl)OC. The summed E-state index contributed by atoms with van der Waals surface area (Å²) < 4.78 is 9.92. The molecule has 74 valence electrons. The van der Waals surface area contributed by atoms with E-state index in [4.69, 9.17) is 32.3 Å². The second-order valence-electron chi connectivity index (χ2n) is 2.35. The monoisotopic (exact) mass is 231 g/mol. The van der Waals surface area contributed by atoms with Gasteiger partial charge in [-0.05, 0) is 29.5 Å². The van der Waals surface area contributed by atoms with Crippen LogP contribution in [0.1, 0.15) is 13.3 Å². The molecule has 3 nitrogen and oxygen atoms in total. The molecule has 6 heteroatoms. The predicted octanol–water partition coefficient (Wildman–Crippen LogP) is 2.11. The highest BCUT2D eigenvalue weighted by atomic mass is 35.7. The molecule has 0 aliphatic carbocycles. The van der Waals surface area contributed by atoms with Crippen LogP contribution in [0, 0.1) is 0 Å². The highest BCUT2D eigenvalue weighted by Crippen LogP contribution is 2.48. The zero-order valence-electron chi connectivity index (χ0n) is 7.54. The molecule has 0 aromatic rings. The summed E-state index contributed by atoms with van der Waals surface area (Å²) in [5.41, 5.74) is 0. The lowest BCUT2D eigenvalue weighted by atomic mass is 10.3. The topological polar surface area (TPSA) is 30.5 Å². The lowest BCUT2D eigenvalue weighted by molar-refractivity contribution is 0.172. The largest absolute Gasteiger partial charge is 0.383 e. The first-order valence-electron chi connectivity index (χ1n) is 3.68. The third-order valence-electron chi connectivity index (χ3n) is 1.43. The van der Waals surface area contributed by atoms with Crippen LogP contribution in [0.25, 0.3) is 0 Å². The van der Waals surface area contributed by atoms with Crippen molar-refractivity contribution >= 4 is 28.8 Å². The Morgan fingerprint density at radius 3 is 2.50 bits per heavy atom. The van der Waals surface area contributed by atoms with Crippen LogP contribution in [-0.2, 0) is 21.1 Å². The van der Waals surface area contributed by atoms with E-state index in [-0.39, 0.29) is 6.04 Å². The molecule has 12 heavy (non-hydrogen) atoms. The van der Waals surface area contributed by atoms with E-state index in [1.54, 1.807) is 7.11 Å². The zero-order chi connectivity index (χ0) is 9.61. The third kappa shape index (κ3) is 5.46. The number of methoxy groups -OCH3 is 1. The van der Waals surface area contributed by atoms with E-state index in [0.29, 0.717) is 6.61 Å². The van der Waals surface area contributed by atoms with E-state index < -0.39 is 5.77 Å². The second-order valence-corrected chi connectivity index (χ2v) is 7.51. The standard InChI is InChI=1S/C6H15ClNO2PS/c1-4-6(5-9-2)8-11(7,12)10-3/h6H,4-5H2,1-3H3,(H,8,12). The molecule has 0 radical (unpaired) electrons. The van der Waals surface area contributed by atoms with Crippen molar-refractivity contribution in [3.8, 4) is 0 Å². The zero-order valence-corrected chi connectivity index (χ0v) is 10.0. The summed E-state index contributed by atoms with van der Waals surface area (Å²) in [5.74, 6) is -2.30. The average molecular weight is 232 g/mol. The smallest absolute Gasteiger partial charge is 0.219 e. The Morgan fingerprint density at radius 1 is 1.58 bits per heavy atom. The minimum atomic E-state index is -2.30. The summed E-state index contributed by atoms with van der Waals surface area (Å²) in [5, 5.41) is 3.04. The molecule has 0 aliphatic heterocycles. The fourth-order valence-corrected chi connectivity index (χ4v) is 2.38. The molecule has 1 N–H and O–H groups in total. The van der Waals surface area contributed by atoms with Crippen LogP contribution >= 0.6 is 17.0 Å². The average Bonchev–Trinajstić information content (AvgIpc) is 2.03. The molecule has 0 amide bonds. The van der Waals surface area contributed by atoms with Crippen LogP contribution in [0.5, 0.6) is 0 Å². The molecular weight excluding hydrogens is 217 g/mol. The van der Waals surface area contributed by atoms with E-state index in [1.807, 2.05) is 6.92 Å². The van der Waals surface area contributed by atoms with Gasteiger partial charge in [0.1, 0.15) is 0 Å². The minimum absolute atomic E-state index is 0.179. The predicted molar refractivity (Wildman–Crippen MR) is 56.2 cm³/mol. The molecule has 0 aromatic carbocycles. The molecule has 0 saturated heterocycles. The van der Waals surface area contributed by atoms with Gasteiger partial charge < -0.3 is 9.26 Å². The van der Waals surface area contributed by atoms with Crippen molar-refractivity contribution in [2.24, 2.45) is 0 Å². The molecule has 0 heterocycles. The van der Waals surface area contributed by atoms with Gasteiger partial charge >= 0.3 is 0 Å². The Kier molecular flexibility index (Phi) is 6.73. The maximum atomic E-state index is 5.87.